The number of nitrogens with one attached hydrogen (secondary N) is 2. The van der Waals surface area contributed by atoms with Gasteiger partial charge in [0.2, 0.25) is 11.8 Å². The van der Waals surface area contributed by atoms with Gasteiger partial charge in [0, 0.05) is 25.0 Å². The van der Waals surface area contributed by atoms with Crippen molar-refractivity contribution in [3.8, 4) is 5.75 Å². The van der Waals surface area contributed by atoms with Gasteiger partial charge in [-0.25, -0.2) is 0 Å². The van der Waals surface area contributed by atoms with Crippen LogP contribution in [0.3, 0.4) is 0 Å². The Bertz CT molecular complexity index is 760. The Morgan fingerprint density at radius 2 is 1.75 bits per heavy atom. The predicted molar refractivity (Wildman–Crippen MR) is 115 cm³/mol. The van der Waals surface area contributed by atoms with Gasteiger partial charge >= 0.3 is 0 Å². The Kier molecular flexibility index (Phi) is 8.88. The molecule has 0 aromatic heterocycles. The molecule has 0 saturated carbocycles. The van der Waals surface area contributed by atoms with E-state index in [1.807, 2.05) is 24.3 Å². The lowest BCUT2D eigenvalue weighted by molar-refractivity contribution is -0.122. The van der Waals surface area contributed by atoms with Gasteiger partial charge in [0.15, 0.2) is 0 Å². The largest absolute Gasteiger partial charge is 0.497 e. The van der Waals surface area contributed by atoms with Crippen molar-refractivity contribution in [3.63, 3.8) is 0 Å². The fourth-order valence-electron chi connectivity index (χ4n) is 2.73. The smallest absolute Gasteiger partial charge is 0.222 e. The Hall–Kier alpha value is -2.47. The molecule has 6 heteroatoms. The minimum atomic E-state index is -0.358. The average molecular weight is 401 g/mol. The summed E-state index contributed by atoms with van der Waals surface area (Å²) in [6.45, 7) is 4.13. The highest BCUT2D eigenvalue weighted by molar-refractivity contribution is 7.98. The van der Waals surface area contributed by atoms with Crippen LogP contribution in [0.15, 0.2) is 48.5 Å². The zero-order valence-electron chi connectivity index (χ0n) is 16.7. The lowest BCUT2D eigenvalue weighted by atomic mass is 10.0. The van der Waals surface area contributed by atoms with Crippen molar-refractivity contribution in [3.05, 3.63) is 65.2 Å². The van der Waals surface area contributed by atoms with Gasteiger partial charge in [0.25, 0.3) is 0 Å². The first-order valence-corrected chi connectivity index (χ1v) is 10.4. The SMILES string of the molecule is COc1ccc(C(CC(=O)NCCSCc2ccc(C)cc2)NC(C)=O)cc1. The number of hydrogen-bond donors (Lipinski definition) is 2. The summed E-state index contributed by atoms with van der Waals surface area (Å²) in [5.41, 5.74) is 3.42. The van der Waals surface area contributed by atoms with Gasteiger partial charge < -0.3 is 15.4 Å². The van der Waals surface area contributed by atoms with Crippen LogP contribution in [0, 0.1) is 6.92 Å². The lowest BCUT2D eigenvalue weighted by Crippen LogP contribution is -2.33. The van der Waals surface area contributed by atoms with Gasteiger partial charge in [0.1, 0.15) is 5.75 Å². The van der Waals surface area contributed by atoms with Crippen LogP contribution in [0.2, 0.25) is 0 Å². The Morgan fingerprint density at radius 3 is 2.36 bits per heavy atom. The van der Waals surface area contributed by atoms with Gasteiger partial charge in [-0.05, 0) is 30.2 Å². The molecule has 5 nitrogen and oxygen atoms in total. The monoisotopic (exact) mass is 400 g/mol. The Labute approximate surface area is 171 Å². The number of thioether (sulfide) groups is 1. The van der Waals surface area contributed by atoms with E-state index in [0.717, 1.165) is 22.8 Å². The van der Waals surface area contributed by atoms with E-state index in [1.165, 1.54) is 18.1 Å². The Balaban J connectivity index is 1.77. The quantitative estimate of drug-likeness (QED) is 0.598. The first kappa shape index (κ1) is 21.8. The van der Waals surface area contributed by atoms with E-state index in [-0.39, 0.29) is 24.3 Å². The topological polar surface area (TPSA) is 67.4 Å². The lowest BCUT2D eigenvalue weighted by Gasteiger charge is -2.18. The summed E-state index contributed by atoms with van der Waals surface area (Å²) < 4.78 is 5.16. The maximum Gasteiger partial charge on any atom is 0.222 e. The van der Waals surface area contributed by atoms with Crippen molar-refractivity contribution >= 4 is 23.6 Å². The number of aryl methyl sites for hydroxylation is 1. The first-order valence-electron chi connectivity index (χ1n) is 9.29. The van der Waals surface area contributed by atoms with Gasteiger partial charge in [-0.2, -0.15) is 11.8 Å². The molecule has 0 fully saturated rings. The van der Waals surface area contributed by atoms with Crippen LogP contribution >= 0.6 is 11.8 Å². The highest BCUT2D eigenvalue weighted by atomic mass is 32.2. The first-order chi connectivity index (χ1) is 13.5. The van der Waals surface area contributed by atoms with Crippen LogP contribution in [0.25, 0.3) is 0 Å². The highest BCUT2D eigenvalue weighted by Gasteiger charge is 2.17. The molecule has 2 aromatic rings. The summed E-state index contributed by atoms with van der Waals surface area (Å²) in [6.07, 6.45) is 0.203. The van der Waals surface area contributed by atoms with E-state index in [1.54, 1.807) is 18.9 Å². The number of carbonyl (C=O) groups excluding carboxylic acids is 2. The number of hydrogen-bond acceptors (Lipinski definition) is 4. The molecule has 0 radical (unpaired) electrons. The molecule has 1 atom stereocenters. The van der Waals surface area contributed by atoms with Gasteiger partial charge in [-0.15, -0.1) is 0 Å². The van der Waals surface area contributed by atoms with Crippen molar-refractivity contribution in [2.45, 2.75) is 32.1 Å². The molecule has 0 aliphatic carbocycles. The summed E-state index contributed by atoms with van der Waals surface area (Å²) in [6, 6.07) is 15.5. The van der Waals surface area contributed by atoms with Crippen LogP contribution in [-0.4, -0.2) is 31.2 Å². The molecule has 2 amide bonds. The third kappa shape index (κ3) is 7.64. The number of carbonyl (C=O) groups is 2. The second-order valence-electron chi connectivity index (χ2n) is 6.62. The van der Waals surface area contributed by atoms with E-state index in [2.05, 4.69) is 41.8 Å². The molecule has 0 spiro atoms. The number of rotatable bonds is 10. The third-order valence-corrected chi connectivity index (χ3v) is 5.27. The van der Waals surface area contributed by atoms with E-state index >= 15 is 0 Å². The predicted octanol–water partition coefficient (Wildman–Crippen LogP) is 3.62. The summed E-state index contributed by atoms with van der Waals surface area (Å²) >= 11 is 1.79. The summed E-state index contributed by atoms with van der Waals surface area (Å²) in [5, 5.41) is 5.78. The molecule has 2 aromatic carbocycles. The second-order valence-corrected chi connectivity index (χ2v) is 7.72. The summed E-state index contributed by atoms with van der Waals surface area (Å²) in [7, 11) is 1.60. The van der Waals surface area contributed by atoms with Crippen LogP contribution in [0.5, 0.6) is 5.75 Å². The van der Waals surface area contributed by atoms with Crippen LogP contribution in [-0.2, 0) is 15.3 Å². The molecule has 2 rings (SSSR count). The van der Waals surface area contributed by atoms with Crippen molar-refractivity contribution in [2.75, 3.05) is 19.4 Å². The van der Waals surface area contributed by atoms with Crippen LogP contribution < -0.4 is 15.4 Å². The number of benzene rings is 2. The zero-order chi connectivity index (χ0) is 20.4. The van der Waals surface area contributed by atoms with Gasteiger partial charge in [-0.1, -0.05) is 42.0 Å². The van der Waals surface area contributed by atoms with Crippen LogP contribution in [0.4, 0.5) is 0 Å². The molecule has 0 heterocycles. The van der Waals surface area contributed by atoms with Gasteiger partial charge in [0.05, 0.1) is 19.6 Å². The zero-order valence-corrected chi connectivity index (χ0v) is 17.5. The maximum absolute atomic E-state index is 12.3. The second kappa shape index (κ2) is 11.4. The summed E-state index contributed by atoms with van der Waals surface area (Å²) in [5.74, 6) is 2.26. The molecule has 0 saturated heterocycles. The van der Waals surface area contributed by atoms with Gasteiger partial charge in [-0.3, -0.25) is 9.59 Å². The number of methoxy groups -OCH3 is 1. The molecule has 0 aliphatic heterocycles. The third-order valence-electron chi connectivity index (χ3n) is 4.24. The molecule has 0 aliphatic rings. The average Bonchev–Trinajstić information content (AvgIpc) is 2.68. The summed E-state index contributed by atoms with van der Waals surface area (Å²) in [4.78, 5) is 23.8. The normalized spacial score (nSPS) is 11.5. The fraction of sp³-hybridized carbons (Fsp3) is 0.364. The van der Waals surface area contributed by atoms with E-state index in [0.29, 0.717) is 6.54 Å². The highest BCUT2D eigenvalue weighted by Crippen LogP contribution is 2.20. The number of amides is 2. The molecule has 28 heavy (non-hydrogen) atoms. The molecule has 0 bridgehead atoms. The van der Waals surface area contributed by atoms with E-state index in [9.17, 15) is 9.59 Å². The molecule has 1 unspecified atom stereocenters. The molecule has 2 N–H and O–H groups in total. The van der Waals surface area contributed by atoms with Crippen molar-refractivity contribution in [2.24, 2.45) is 0 Å². The molecular weight excluding hydrogens is 372 g/mol. The van der Waals surface area contributed by atoms with E-state index in [4.69, 9.17) is 4.74 Å². The molecule has 150 valence electrons. The number of ether oxygens (including phenoxy) is 1. The van der Waals surface area contributed by atoms with Crippen LogP contribution in [0.1, 0.15) is 36.1 Å². The minimum Gasteiger partial charge on any atom is -0.497 e. The van der Waals surface area contributed by atoms with Crippen molar-refractivity contribution < 1.29 is 14.3 Å². The van der Waals surface area contributed by atoms with Crippen molar-refractivity contribution in [1.82, 2.24) is 10.6 Å². The Morgan fingerprint density at radius 1 is 1.07 bits per heavy atom. The standard InChI is InChI=1S/C22H28N2O3S/c1-16-4-6-18(7-5-16)15-28-13-12-23-22(26)14-21(24-17(2)25)19-8-10-20(27-3)11-9-19/h4-11,21H,12-15H2,1-3H3,(H,23,26)(H,24,25). The maximum atomic E-state index is 12.3. The van der Waals surface area contributed by atoms with Crippen molar-refractivity contribution in [1.29, 1.82) is 0 Å². The minimum absolute atomic E-state index is 0.0782. The fourth-order valence-corrected chi connectivity index (χ4v) is 3.55. The van der Waals surface area contributed by atoms with E-state index < -0.39 is 0 Å². The molecular formula is C22H28N2O3S.